The average Bonchev–Trinajstić information content (AvgIpc) is 2.92. The molecule has 0 saturated heterocycles. The Labute approximate surface area is 247 Å². The first-order valence-corrected chi connectivity index (χ1v) is 14.8. The average molecular weight is 613 g/mol. The van der Waals surface area contributed by atoms with Gasteiger partial charge in [-0.2, -0.15) is 0 Å². The number of allylic oxidation sites excluding steroid dienone is 1. The van der Waals surface area contributed by atoms with E-state index in [4.69, 9.17) is 5.73 Å². The van der Waals surface area contributed by atoms with Gasteiger partial charge >= 0.3 is 0 Å². The van der Waals surface area contributed by atoms with Crippen molar-refractivity contribution in [2.24, 2.45) is 17.6 Å². The van der Waals surface area contributed by atoms with E-state index in [0.29, 0.717) is 11.3 Å². The van der Waals surface area contributed by atoms with E-state index in [0.717, 1.165) is 0 Å². The Bertz CT molecular complexity index is 1750. The van der Waals surface area contributed by atoms with Crippen LogP contribution < -0.4 is 15.4 Å². The highest BCUT2D eigenvalue weighted by atomic mass is 32.2. The van der Waals surface area contributed by atoms with E-state index in [-0.39, 0.29) is 34.6 Å². The molecule has 0 fully saturated rings. The summed E-state index contributed by atoms with van der Waals surface area (Å²) in [5.74, 6) is -7.87. The van der Waals surface area contributed by atoms with Gasteiger partial charge in [0.15, 0.2) is 17.1 Å². The van der Waals surface area contributed by atoms with Gasteiger partial charge in [-0.25, -0.2) is 8.42 Å². The number of anilines is 2. The molecule has 14 heteroatoms. The van der Waals surface area contributed by atoms with Crippen LogP contribution in [0.25, 0.3) is 0 Å². The van der Waals surface area contributed by atoms with Crippen molar-refractivity contribution < 1.29 is 43.2 Å². The lowest BCUT2D eigenvalue weighted by Crippen LogP contribution is -2.63. The number of carbonyl (C=O) groups is 3. The number of phenolic OH excluding ortho intramolecular Hbond substituents is 1. The van der Waals surface area contributed by atoms with Crippen molar-refractivity contribution >= 4 is 38.9 Å². The molecule has 3 aliphatic carbocycles. The Balaban J connectivity index is 1.70. The van der Waals surface area contributed by atoms with E-state index < -0.39 is 73.8 Å². The number of amides is 1. The van der Waals surface area contributed by atoms with Crippen molar-refractivity contribution in [2.75, 3.05) is 37.8 Å². The monoisotopic (exact) mass is 612 g/mol. The zero-order valence-electron chi connectivity index (χ0n) is 23.8. The maximum absolute atomic E-state index is 14.1. The number of sulfonamides is 1. The van der Waals surface area contributed by atoms with Crippen LogP contribution in [0.5, 0.6) is 5.75 Å². The molecule has 0 saturated carbocycles. The molecule has 3 aliphatic rings. The molecular weight excluding hydrogens is 580 g/mol. The van der Waals surface area contributed by atoms with Gasteiger partial charge in [0, 0.05) is 31.3 Å². The topological polar surface area (TPSA) is 211 Å². The maximum Gasteiger partial charge on any atom is 0.262 e. The molecule has 4 atom stereocenters. The molecule has 0 radical (unpaired) electrons. The van der Waals surface area contributed by atoms with E-state index in [1.807, 2.05) is 0 Å². The Hall–Kier alpha value is -4.40. The molecule has 3 unspecified atom stereocenters. The fourth-order valence-corrected chi connectivity index (χ4v) is 7.66. The van der Waals surface area contributed by atoms with Crippen LogP contribution in [0.2, 0.25) is 0 Å². The lowest BCUT2D eigenvalue weighted by molar-refractivity contribution is -0.148. The largest absolute Gasteiger partial charge is 0.510 e. The van der Waals surface area contributed by atoms with E-state index in [9.17, 15) is 43.2 Å². The summed E-state index contributed by atoms with van der Waals surface area (Å²) < 4.78 is 28.5. The van der Waals surface area contributed by atoms with E-state index in [1.165, 1.54) is 35.2 Å². The molecule has 228 valence electrons. The first-order chi connectivity index (χ1) is 20.0. The quantitative estimate of drug-likeness (QED) is 0.200. The van der Waals surface area contributed by atoms with Crippen molar-refractivity contribution in [2.45, 2.75) is 29.4 Å². The molecule has 13 nitrogen and oxygen atoms in total. The number of nitrogens with zero attached hydrogens (tertiary/aromatic N) is 2. The lowest BCUT2D eigenvalue weighted by atomic mass is 9.58. The standard InChI is InChI=1S/C29H32N4O9S/c1-32(2)18-12-17(31-43(41,42)14-8-6-5-7-9-14)23(34)20-15(18)10-13-11-16-22(33(3)4)25(36)21(28(30)39)27(38)29(16,40)26(37)19(13)24(20)35/h5-9,12-13,16,22,31,34,36-37,40H,10-11H2,1-4H3,(H2,30,39)/t13?,16?,22-,29?/m0/s1. The number of aliphatic hydroxyl groups excluding tert-OH is 2. The number of hydrogen-bond acceptors (Lipinski definition) is 11. The fourth-order valence-electron chi connectivity index (χ4n) is 6.58. The third-order valence-corrected chi connectivity index (χ3v) is 9.86. The number of aromatic hydroxyl groups is 1. The SMILES string of the molecule is CN(C)c1cc(NS(=O)(=O)c2ccccc2)c(O)c2c1CC1CC3[C@H](N(C)C)C(O)=C(C(N)=O)C(=O)C3(O)C(O)=C1C2=O. The number of rotatable bonds is 6. The number of Topliss-reactive ketones (excluding diaryl/α,β-unsaturated/α-hetero) is 2. The summed E-state index contributed by atoms with van der Waals surface area (Å²) in [5, 5.41) is 45.5. The summed E-state index contributed by atoms with van der Waals surface area (Å²) >= 11 is 0. The number of phenols is 1. The molecule has 0 aromatic heterocycles. The number of hydrogen-bond donors (Lipinski definition) is 6. The number of benzene rings is 2. The number of fused-ring (bicyclic) bond motifs is 3. The van der Waals surface area contributed by atoms with Crippen molar-refractivity contribution in [3.8, 4) is 5.75 Å². The molecule has 0 aliphatic heterocycles. The van der Waals surface area contributed by atoms with Crippen LogP contribution in [0.3, 0.4) is 0 Å². The van der Waals surface area contributed by atoms with Crippen molar-refractivity contribution in [3.05, 3.63) is 70.2 Å². The second kappa shape index (κ2) is 10.1. The molecule has 7 N–H and O–H groups in total. The molecule has 2 aromatic rings. The Morgan fingerprint density at radius 2 is 1.70 bits per heavy atom. The van der Waals surface area contributed by atoms with E-state index in [2.05, 4.69) is 4.72 Å². The van der Waals surface area contributed by atoms with Gasteiger partial charge in [-0.1, -0.05) is 18.2 Å². The van der Waals surface area contributed by atoms with Crippen LogP contribution >= 0.6 is 0 Å². The molecule has 2 aromatic carbocycles. The number of ketones is 2. The van der Waals surface area contributed by atoms with Gasteiger partial charge in [0.1, 0.15) is 17.1 Å². The van der Waals surface area contributed by atoms with Crippen molar-refractivity contribution in [3.63, 3.8) is 0 Å². The number of nitrogens with one attached hydrogen (secondary N) is 1. The van der Waals surface area contributed by atoms with E-state index >= 15 is 0 Å². The Morgan fingerprint density at radius 3 is 2.26 bits per heavy atom. The Kier molecular flexibility index (Phi) is 7.07. The highest BCUT2D eigenvalue weighted by Gasteiger charge is 2.63. The predicted molar refractivity (Wildman–Crippen MR) is 155 cm³/mol. The zero-order valence-corrected chi connectivity index (χ0v) is 24.6. The minimum absolute atomic E-state index is 0.0569. The van der Waals surface area contributed by atoms with Crippen LogP contribution in [0, 0.1) is 11.8 Å². The summed E-state index contributed by atoms with van der Waals surface area (Å²) in [5.41, 5.74) is 1.52. The summed E-state index contributed by atoms with van der Waals surface area (Å²) in [7, 11) is 2.26. The molecular formula is C29H32N4O9S. The van der Waals surface area contributed by atoms with Gasteiger partial charge in [0.25, 0.3) is 15.9 Å². The molecule has 43 heavy (non-hydrogen) atoms. The molecule has 0 heterocycles. The summed E-state index contributed by atoms with van der Waals surface area (Å²) in [4.78, 5) is 42.8. The van der Waals surface area contributed by atoms with Crippen LogP contribution in [0.4, 0.5) is 11.4 Å². The van der Waals surface area contributed by atoms with Crippen LogP contribution in [-0.4, -0.2) is 91.1 Å². The maximum atomic E-state index is 14.1. The van der Waals surface area contributed by atoms with Crippen molar-refractivity contribution in [1.29, 1.82) is 0 Å². The second-order valence-electron chi connectivity index (χ2n) is 11.4. The number of carbonyl (C=O) groups excluding carboxylic acids is 3. The van der Waals surface area contributed by atoms with Crippen LogP contribution in [0.15, 0.2) is 64.0 Å². The van der Waals surface area contributed by atoms with Gasteiger partial charge < -0.3 is 31.1 Å². The van der Waals surface area contributed by atoms with E-state index in [1.54, 1.807) is 39.2 Å². The van der Waals surface area contributed by atoms with Gasteiger partial charge in [-0.05, 0) is 56.6 Å². The third-order valence-electron chi connectivity index (χ3n) is 8.48. The van der Waals surface area contributed by atoms with Gasteiger partial charge in [0.2, 0.25) is 5.78 Å². The number of likely N-dealkylation sites (N-methyl/N-ethyl adjacent to an activating group) is 1. The zero-order chi connectivity index (χ0) is 31.8. The number of nitrogens with two attached hydrogens (primary N) is 1. The summed E-state index contributed by atoms with van der Waals surface area (Å²) in [6, 6.07) is 7.70. The number of aliphatic hydroxyl groups is 3. The second-order valence-corrected chi connectivity index (χ2v) is 13.1. The Morgan fingerprint density at radius 1 is 1.07 bits per heavy atom. The van der Waals surface area contributed by atoms with Gasteiger partial charge in [-0.15, -0.1) is 0 Å². The normalized spacial score (nSPS) is 25.3. The highest BCUT2D eigenvalue weighted by Crippen LogP contribution is 2.54. The van der Waals surface area contributed by atoms with Crippen molar-refractivity contribution in [1.82, 2.24) is 4.90 Å². The molecule has 0 spiro atoms. The summed E-state index contributed by atoms with van der Waals surface area (Å²) in [6.45, 7) is 0. The smallest absolute Gasteiger partial charge is 0.262 e. The molecule has 5 rings (SSSR count). The minimum atomic E-state index is -4.19. The summed E-state index contributed by atoms with van der Waals surface area (Å²) in [6.07, 6.45) is -0.0108. The van der Waals surface area contributed by atoms with Crippen LogP contribution in [-0.2, 0) is 26.0 Å². The van der Waals surface area contributed by atoms with Crippen LogP contribution in [0.1, 0.15) is 22.3 Å². The minimum Gasteiger partial charge on any atom is -0.510 e. The lowest BCUT2D eigenvalue weighted by Gasteiger charge is -2.50. The highest BCUT2D eigenvalue weighted by molar-refractivity contribution is 7.92. The first-order valence-electron chi connectivity index (χ1n) is 13.3. The molecule has 1 amide bonds. The fraction of sp³-hybridized carbons (Fsp3) is 0.345. The predicted octanol–water partition coefficient (Wildman–Crippen LogP) is 0.987. The van der Waals surface area contributed by atoms with Gasteiger partial charge in [0.05, 0.1) is 22.2 Å². The first kappa shape index (κ1) is 30.1. The van der Waals surface area contributed by atoms with Gasteiger partial charge in [-0.3, -0.25) is 24.0 Å². The third kappa shape index (κ3) is 4.36. The number of primary amides is 1. The molecule has 0 bridgehead atoms.